The molecule has 114 valence electrons. The minimum absolute atomic E-state index is 0.0347. The maximum absolute atomic E-state index is 12.2. The number of carbonyl (C=O) groups excluding carboxylic acids is 1. The Balaban J connectivity index is 1.82. The zero-order chi connectivity index (χ0) is 14.9. The van der Waals surface area contributed by atoms with Crippen LogP contribution in [0.5, 0.6) is 0 Å². The topological polar surface area (TPSA) is 51.1 Å². The van der Waals surface area contributed by atoms with Gasteiger partial charge >= 0.3 is 0 Å². The van der Waals surface area contributed by atoms with Crippen LogP contribution in [0.2, 0.25) is 0 Å². The number of benzene rings is 1. The predicted octanol–water partition coefficient (Wildman–Crippen LogP) is 1.87. The zero-order valence-corrected chi connectivity index (χ0v) is 12.5. The van der Waals surface area contributed by atoms with Crippen LogP contribution in [-0.4, -0.2) is 49.2 Å². The molecule has 0 unspecified atom stereocenters. The first-order valence-electron chi connectivity index (χ1n) is 7.35. The van der Waals surface area contributed by atoms with E-state index >= 15 is 0 Å². The zero-order valence-electron chi connectivity index (χ0n) is 12.5. The van der Waals surface area contributed by atoms with E-state index in [-0.39, 0.29) is 5.78 Å². The molecule has 0 spiro atoms. The van der Waals surface area contributed by atoms with Crippen molar-refractivity contribution in [2.45, 2.75) is 20.0 Å². The lowest BCUT2D eigenvalue weighted by Crippen LogP contribution is -2.41. The fraction of sp³-hybridized carbons (Fsp3) is 0.500. The Morgan fingerprint density at radius 1 is 1.29 bits per heavy atom. The summed E-state index contributed by atoms with van der Waals surface area (Å²) in [4.78, 5) is 19.6. The number of hydrogen-bond donors (Lipinski definition) is 0. The second-order valence-corrected chi connectivity index (χ2v) is 4.96. The van der Waals surface area contributed by atoms with Crippen molar-refractivity contribution in [3.8, 4) is 0 Å². The minimum Gasteiger partial charge on any atom is -0.391 e. The molecule has 5 heteroatoms. The molecule has 0 N–H and O–H groups in total. The van der Waals surface area contributed by atoms with E-state index in [0.717, 1.165) is 18.7 Å². The number of Topliss-reactive ketones (excluding diaryl/α,β-unsaturated/α-hetero) is 1. The molecular weight excluding hydrogens is 268 g/mol. The number of morpholine rings is 1. The first kappa shape index (κ1) is 15.7. The van der Waals surface area contributed by atoms with Crippen LogP contribution < -0.4 is 0 Å². The molecule has 0 bridgehead atoms. The number of carbonyl (C=O) groups is 1. The molecule has 0 saturated carbocycles. The Bertz CT molecular complexity index is 468. The predicted molar refractivity (Wildman–Crippen MR) is 81.2 cm³/mol. The number of oxime groups is 1. The first-order chi connectivity index (χ1) is 10.3. The molecule has 0 atom stereocenters. The average molecular weight is 290 g/mol. The Labute approximate surface area is 125 Å². The summed E-state index contributed by atoms with van der Waals surface area (Å²) in [6.07, 6.45) is 0.581. The van der Waals surface area contributed by atoms with E-state index in [1.807, 2.05) is 37.3 Å². The quantitative estimate of drug-likeness (QED) is 0.568. The lowest BCUT2D eigenvalue weighted by Gasteiger charge is -2.25. The van der Waals surface area contributed by atoms with Gasteiger partial charge in [0.1, 0.15) is 12.3 Å². The van der Waals surface area contributed by atoms with Gasteiger partial charge in [-0.25, -0.2) is 0 Å². The van der Waals surface area contributed by atoms with Crippen LogP contribution >= 0.6 is 0 Å². The van der Waals surface area contributed by atoms with Gasteiger partial charge in [0.05, 0.1) is 19.8 Å². The summed E-state index contributed by atoms with van der Waals surface area (Å²) in [5, 5.41) is 4.01. The van der Waals surface area contributed by atoms with Gasteiger partial charge in [-0.3, -0.25) is 9.69 Å². The maximum Gasteiger partial charge on any atom is 0.194 e. The normalized spacial score (nSPS) is 16.7. The molecular formula is C16H22N2O3. The molecule has 5 nitrogen and oxygen atoms in total. The monoisotopic (exact) mass is 290 g/mol. The summed E-state index contributed by atoms with van der Waals surface area (Å²) in [5.41, 5.74) is 1.54. The fourth-order valence-electron chi connectivity index (χ4n) is 2.13. The van der Waals surface area contributed by atoms with E-state index in [1.54, 1.807) is 0 Å². The van der Waals surface area contributed by atoms with E-state index in [9.17, 15) is 4.79 Å². The van der Waals surface area contributed by atoms with Crippen LogP contribution in [0.25, 0.3) is 0 Å². The van der Waals surface area contributed by atoms with Gasteiger partial charge in [0.2, 0.25) is 0 Å². The van der Waals surface area contributed by atoms with Crippen molar-refractivity contribution in [3.63, 3.8) is 0 Å². The summed E-state index contributed by atoms with van der Waals surface area (Å²) in [6, 6.07) is 9.79. The number of ether oxygens (including phenoxy) is 1. The third-order valence-electron chi connectivity index (χ3n) is 3.38. The van der Waals surface area contributed by atoms with Gasteiger partial charge in [-0.05, 0) is 12.0 Å². The highest BCUT2D eigenvalue weighted by molar-refractivity contribution is 6.40. The standard InChI is InChI=1S/C16H22N2O3/c1-2-15(16(19)12-18-8-10-20-11-9-18)17-21-13-14-6-4-3-5-7-14/h3-7H,2,8-13H2,1H3. The second-order valence-electron chi connectivity index (χ2n) is 4.96. The highest BCUT2D eigenvalue weighted by Crippen LogP contribution is 2.03. The summed E-state index contributed by atoms with van der Waals surface area (Å²) < 4.78 is 5.27. The van der Waals surface area contributed by atoms with Crippen molar-refractivity contribution in [1.82, 2.24) is 4.90 Å². The largest absolute Gasteiger partial charge is 0.391 e. The number of rotatable bonds is 7. The molecule has 1 aromatic rings. The molecule has 0 amide bonds. The van der Waals surface area contributed by atoms with Gasteiger partial charge in [0, 0.05) is 13.1 Å². The fourth-order valence-corrected chi connectivity index (χ4v) is 2.13. The maximum atomic E-state index is 12.2. The Morgan fingerprint density at radius 2 is 2.00 bits per heavy atom. The number of ketones is 1. The molecule has 1 aromatic carbocycles. The Kier molecular flexibility index (Phi) is 6.37. The number of hydrogen-bond acceptors (Lipinski definition) is 5. The van der Waals surface area contributed by atoms with Crippen LogP contribution in [0.15, 0.2) is 35.5 Å². The molecule has 1 aliphatic rings. The molecule has 2 rings (SSSR count). The molecule has 0 aliphatic carbocycles. The van der Waals surface area contributed by atoms with Gasteiger partial charge in [0.15, 0.2) is 5.78 Å². The van der Waals surface area contributed by atoms with Gasteiger partial charge in [-0.15, -0.1) is 0 Å². The first-order valence-corrected chi connectivity index (χ1v) is 7.35. The Morgan fingerprint density at radius 3 is 2.67 bits per heavy atom. The summed E-state index contributed by atoms with van der Waals surface area (Å²) in [5.74, 6) is 0.0347. The van der Waals surface area contributed by atoms with Crippen molar-refractivity contribution < 1.29 is 14.4 Å². The van der Waals surface area contributed by atoms with Gasteiger partial charge in [-0.2, -0.15) is 0 Å². The van der Waals surface area contributed by atoms with Crippen LogP contribution in [-0.2, 0) is 21.0 Å². The van der Waals surface area contributed by atoms with E-state index < -0.39 is 0 Å². The van der Waals surface area contributed by atoms with Crippen molar-refractivity contribution in [3.05, 3.63) is 35.9 Å². The van der Waals surface area contributed by atoms with E-state index in [4.69, 9.17) is 9.57 Å². The van der Waals surface area contributed by atoms with E-state index in [2.05, 4.69) is 10.1 Å². The Hall–Kier alpha value is -1.72. The smallest absolute Gasteiger partial charge is 0.194 e. The third kappa shape index (κ3) is 5.28. The van der Waals surface area contributed by atoms with Crippen LogP contribution in [0, 0.1) is 0 Å². The van der Waals surface area contributed by atoms with E-state index in [1.165, 1.54) is 0 Å². The van der Waals surface area contributed by atoms with Crippen molar-refractivity contribution in [1.29, 1.82) is 0 Å². The van der Waals surface area contributed by atoms with Gasteiger partial charge < -0.3 is 9.57 Å². The highest BCUT2D eigenvalue weighted by atomic mass is 16.6. The van der Waals surface area contributed by atoms with Crippen LogP contribution in [0.1, 0.15) is 18.9 Å². The SMILES string of the molecule is CCC(=NOCc1ccccc1)C(=O)CN1CCOCC1. The molecule has 1 fully saturated rings. The van der Waals surface area contributed by atoms with Gasteiger partial charge in [0.25, 0.3) is 0 Å². The van der Waals surface area contributed by atoms with Crippen molar-refractivity contribution >= 4 is 11.5 Å². The molecule has 1 heterocycles. The minimum atomic E-state index is 0.0347. The second kappa shape index (κ2) is 8.54. The average Bonchev–Trinajstić information content (AvgIpc) is 2.53. The third-order valence-corrected chi connectivity index (χ3v) is 3.38. The lowest BCUT2D eigenvalue weighted by molar-refractivity contribution is -0.115. The molecule has 0 radical (unpaired) electrons. The van der Waals surface area contributed by atoms with Gasteiger partial charge in [-0.1, -0.05) is 42.4 Å². The highest BCUT2D eigenvalue weighted by Gasteiger charge is 2.17. The molecule has 21 heavy (non-hydrogen) atoms. The van der Waals surface area contributed by atoms with E-state index in [0.29, 0.717) is 38.5 Å². The molecule has 1 aliphatic heterocycles. The lowest BCUT2D eigenvalue weighted by atomic mass is 10.2. The van der Waals surface area contributed by atoms with Crippen LogP contribution in [0.3, 0.4) is 0 Å². The van der Waals surface area contributed by atoms with Crippen molar-refractivity contribution in [2.24, 2.45) is 5.16 Å². The molecule has 1 saturated heterocycles. The summed E-state index contributed by atoms with van der Waals surface area (Å²) in [7, 11) is 0. The van der Waals surface area contributed by atoms with Crippen molar-refractivity contribution in [2.75, 3.05) is 32.8 Å². The number of nitrogens with zero attached hydrogens (tertiary/aromatic N) is 2. The summed E-state index contributed by atoms with van der Waals surface area (Å²) >= 11 is 0. The summed E-state index contributed by atoms with van der Waals surface area (Å²) in [6.45, 7) is 5.68. The van der Waals surface area contributed by atoms with Crippen LogP contribution in [0.4, 0.5) is 0 Å². The molecule has 0 aromatic heterocycles.